The molecule has 0 saturated carbocycles. The Morgan fingerprint density at radius 2 is 1.00 bits per heavy atom. The standard InChI is InChI=1S/C12H22O2/c1-11(2,3)9-10(12(4,5)6)14-8-7-13-9/h7-10H,1-6H3. The van der Waals surface area contributed by atoms with Crippen LogP contribution in [0.1, 0.15) is 41.5 Å². The minimum absolute atomic E-state index is 0.0999. The van der Waals surface area contributed by atoms with Crippen LogP contribution in [0.25, 0.3) is 0 Å². The van der Waals surface area contributed by atoms with Crippen molar-refractivity contribution in [3.05, 3.63) is 12.5 Å². The Balaban J connectivity index is 2.87. The van der Waals surface area contributed by atoms with Gasteiger partial charge in [-0.05, 0) is 0 Å². The lowest BCUT2D eigenvalue weighted by Crippen LogP contribution is -2.48. The topological polar surface area (TPSA) is 18.5 Å². The summed E-state index contributed by atoms with van der Waals surface area (Å²) in [6, 6.07) is 0. The highest BCUT2D eigenvalue weighted by Crippen LogP contribution is 2.37. The molecule has 0 aliphatic carbocycles. The largest absolute Gasteiger partial charge is 0.490 e. The lowest BCUT2D eigenvalue weighted by Gasteiger charge is -2.43. The maximum absolute atomic E-state index is 5.68. The maximum Gasteiger partial charge on any atom is 0.140 e. The molecule has 0 bridgehead atoms. The lowest BCUT2D eigenvalue weighted by atomic mass is 9.76. The molecule has 2 nitrogen and oxygen atoms in total. The highest BCUT2D eigenvalue weighted by Gasteiger charge is 2.42. The van der Waals surface area contributed by atoms with Crippen LogP contribution in [0.4, 0.5) is 0 Å². The first-order chi connectivity index (χ1) is 6.23. The molecule has 2 atom stereocenters. The molecule has 2 heteroatoms. The highest BCUT2D eigenvalue weighted by atomic mass is 16.6. The van der Waals surface area contributed by atoms with E-state index in [1.807, 2.05) is 0 Å². The average Bonchev–Trinajstić information content (AvgIpc) is 2.01. The average molecular weight is 198 g/mol. The van der Waals surface area contributed by atoms with Gasteiger partial charge in [0.15, 0.2) is 0 Å². The summed E-state index contributed by atoms with van der Waals surface area (Å²) in [6.45, 7) is 13.1. The molecule has 14 heavy (non-hydrogen) atoms. The highest BCUT2D eigenvalue weighted by molar-refractivity contribution is 4.94. The summed E-state index contributed by atoms with van der Waals surface area (Å²) < 4.78 is 11.4. The first-order valence-electron chi connectivity index (χ1n) is 5.19. The summed E-state index contributed by atoms with van der Waals surface area (Å²) >= 11 is 0. The summed E-state index contributed by atoms with van der Waals surface area (Å²) in [5.41, 5.74) is 0.200. The van der Waals surface area contributed by atoms with Gasteiger partial charge in [0.25, 0.3) is 0 Å². The van der Waals surface area contributed by atoms with Crippen molar-refractivity contribution in [3.63, 3.8) is 0 Å². The Hall–Kier alpha value is -0.660. The van der Waals surface area contributed by atoms with Gasteiger partial charge in [0, 0.05) is 10.8 Å². The van der Waals surface area contributed by atoms with Gasteiger partial charge in [0.05, 0.1) is 0 Å². The van der Waals surface area contributed by atoms with E-state index in [0.29, 0.717) is 0 Å². The van der Waals surface area contributed by atoms with Crippen molar-refractivity contribution in [2.45, 2.75) is 53.8 Å². The fraction of sp³-hybridized carbons (Fsp3) is 0.833. The van der Waals surface area contributed by atoms with Crippen molar-refractivity contribution >= 4 is 0 Å². The second-order valence-corrected chi connectivity index (χ2v) is 6.12. The van der Waals surface area contributed by atoms with E-state index >= 15 is 0 Å². The Bertz CT molecular complexity index is 193. The van der Waals surface area contributed by atoms with Crippen LogP contribution in [0.3, 0.4) is 0 Å². The number of hydrogen-bond donors (Lipinski definition) is 0. The van der Waals surface area contributed by atoms with E-state index in [1.54, 1.807) is 12.5 Å². The van der Waals surface area contributed by atoms with Gasteiger partial charge in [-0.3, -0.25) is 0 Å². The first-order valence-corrected chi connectivity index (χ1v) is 5.19. The Morgan fingerprint density at radius 3 is 1.21 bits per heavy atom. The van der Waals surface area contributed by atoms with E-state index in [9.17, 15) is 0 Å². The van der Waals surface area contributed by atoms with Crippen LogP contribution in [0.2, 0.25) is 0 Å². The third kappa shape index (κ3) is 2.43. The zero-order valence-electron chi connectivity index (χ0n) is 10.1. The third-order valence-electron chi connectivity index (χ3n) is 2.49. The fourth-order valence-electron chi connectivity index (χ4n) is 1.69. The Labute approximate surface area is 87.3 Å². The van der Waals surface area contributed by atoms with Gasteiger partial charge in [-0.15, -0.1) is 0 Å². The van der Waals surface area contributed by atoms with E-state index in [4.69, 9.17) is 9.47 Å². The van der Waals surface area contributed by atoms with Gasteiger partial charge in [-0.1, -0.05) is 41.5 Å². The Morgan fingerprint density at radius 1 is 0.714 bits per heavy atom. The van der Waals surface area contributed by atoms with Gasteiger partial charge in [0.2, 0.25) is 0 Å². The molecule has 0 aromatic rings. The summed E-state index contributed by atoms with van der Waals surface area (Å²) in [6.07, 6.45) is 3.54. The van der Waals surface area contributed by atoms with Gasteiger partial charge in [-0.25, -0.2) is 0 Å². The molecule has 0 N–H and O–H groups in total. The molecule has 1 heterocycles. The monoisotopic (exact) mass is 198 g/mol. The third-order valence-corrected chi connectivity index (χ3v) is 2.49. The van der Waals surface area contributed by atoms with Crippen LogP contribution in [-0.4, -0.2) is 12.2 Å². The van der Waals surface area contributed by atoms with Crippen molar-refractivity contribution in [1.29, 1.82) is 0 Å². The molecule has 0 spiro atoms. The second kappa shape index (κ2) is 3.48. The zero-order valence-corrected chi connectivity index (χ0v) is 10.1. The van der Waals surface area contributed by atoms with Crippen molar-refractivity contribution in [2.24, 2.45) is 10.8 Å². The van der Waals surface area contributed by atoms with Crippen LogP contribution in [0.15, 0.2) is 12.5 Å². The minimum Gasteiger partial charge on any atom is -0.490 e. The quantitative estimate of drug-likeness (QED) is 0.594. The van der Waals surface area contributed by atoms with E-state index < -0.39 is 0 Å². The summed E-state index contributed by atoms with van der Waals surface area (Å²) in [7, 11) is 0. The SMILES string of the molecule is CC(C)(C)C1OC=COC1C(C)(C)C. The van der Waals surface area contributed by atoms with Crippen molar-refractivity contribution in [3.8, 4) is 0 Å². The predicted molar refractivity (Wildman–Crippen MR) is 57.8 cm³/mol. The fourth-order valence-corrected chi connectivity index (χ4v) is 1.69. The normalized spacial score (nSPS) is 28.1. The maximum atomic E-state index is 5.68. The molecule has 0 aromatic carbocycles. The van der Waals surface area contributed by atoms with Crippen LogP contribution >= 0.6 is 0 Å². The molecule has 0 saturated heterocycles. The molecule has 1 aliphatic heterocycles. The molecule has 0 fully saturated rings. The lowest BCUT2D eigenvalue weighted by molar-refractivity contribution is -0.124. The van der Waals surface area contributed by atoms with Gasteiger partial charge in [0.1, 0.15) is 24.7 Å². The van der Waals surface area contributed by atoms with E-state index in [2.05, 4.69) is 41.5 Å². The second-order valence-electron chi connectivity index (χ2n) is 6.12. The number of ether oxygens (including phenoxy) is 2. The van der Waals surface area contributed by atoms with E-state index in [-0.39, 0.29) is 23.0 Å². The molecule has 82 valence electrons. The molecular formula is C12H22O2. The van der Waals surface area contributed by atoms with E-state index in [1.165, 1.54) is 0 Å². The molecule has 1 aliphatic rings. The Kier molecular flexibility index (Phi) is 2.84. The molecule has 0 amide bonds. The van der Waals surface area contributed by atoms with Crippen LogP contribution in [0, 0.1) is 10.8 Å². The summed E-state index contributed by atoms with van der Waals surface area (Å²) in [4.78, 5) is 0. The number of hydrogen-bond acceptors (Lipinski definition) is 2. The molecular weight excluding hydrogens is 176 g/mol. The van der Waals surface area contributed by atoms with Crippen molar-refractivity contribution in [1.82, 2.24) is 0 Å². The molecule has 0 radical (unpaired) electrons. The minimum atomic E-state index is 0.0999. The zero-order chi connectivity index (χ0) is 11.0. The predicted octanol–water partition coefficient (Wildman–Crippen LogP) is 3.33. The smallest absolute Gasteiger partial charge is 0.140 e. The molecule has 0 aromatic heterocycles. The van der Waals surface area contributed by atoms with Crippen LogP contribution in [0.5, 0.6) is 0 Å². The van der Waals surface area contributed by atoms with Crippen LogP contribution < -0.4 is 0 Å². The summed E-state index contributed by atoms with van der Waals surface area (Å²) in [5.74, 6) is 0. The number of rotatable bonds is 0. The summed E-state index contributed by atoms with van der Waals surface area (Å²) in [5, 5.41) is 0. The van der Waals surface area contributed by atoms with Crippen molar-refractivity contribution in [2.75, 3.05) is 0 Å². The van der Waals surface area contributed by atoms with E-state index in [0.717, 1.165) is 0 Å². The molecule has 2 unspecified atom stereocenters. The first kappa shape index (κ1) is 11.4. The van der Waals surface area contributed by atoms with Crippen molar-refractivity contribution < 1.29 is 9.47 Å². The molecule has 1 rings (SSSR count). The van der Waals surface area contributed by atoms with Gasteiger partial charge in [-0.2, -0.15) is 0 Å². The van der Waals surface area contributed by atoms with Crippen LogP contribution in [-0.2, 0) is 9.47 Å². The van der Waals surface area contributed by atoms with Gasteiger partial charge < -0.3 is 9.47 Å². The van der Waals surface area contributed by atoms with Gasteiger partial charge >= 0.3 is 0 Å².